The van der Waals surface area contributed by atoms with Crippen molar-refractivity contribution in [3.05, 3.63) is 69.5 Å². The molecule has 0 atom stereocenters. The second-order valence-electron chi connectivity index (χ2n) is 7.04. The number of thioether (sulfide) groups is 1. The van der Waals surface area contributed by atoms with Crippen molar-refractivity contribution in [1.82, 2.24) is 9.97 Å². The summed E-state index contributed by atoms with van der Waals surface area (Å²) in [6, 6.07) is 11.1. The van der Waals surface area contributed by atoms with Gasteiger partial charge in [0.15, 0.2) is 0 Å². The normalized spacial score (nSPS) is 10.6. The number of thiophene rings is 1. The maximum absolute atomic E-state index is 9.99. The van der Waals surface area contributed by atoms with Gasteiger partial charge in [0, 0.05) is 22.3 Å². The van der Waals surface area contributed by atoms with Gasteiger partial charge in [-0.1, -0.05) is 23.9 Å². The second kappa shape index (κ2) is 10.4. The summed E-state index contributed by atoms with van der Waals surface area (Å²) in [5, 5.41) is 23.3. The highest BCUT2D eigenvalue weighted by molar-refractivity contribution is 7.98. The van der Waals surface area contributed by atoms with Gasteiger partial charge in [0.05, 0.1) is 24.4 Å². The number of pyridine rings is 1. The number of anilines is 1. The lowest BCUT2D eigenvalue weighted by Crippen LogP contribution is -2.02. The molecule has 4 aromatic rings. The van der Waals surface area contributed by atoms with Crippen LogP contribution in [0.15, 0.2) is 50.5 Å². The highest BCUT2D eigenvalue weighted by atomic mass is 32.2. The number of aromatic nitrogens is 2. The number of hydrogen-bond acceptors (Lipinski definition) is 9. The van der Waals surface area contributed by atoms with Crippen LogP contribution in [-0.4, -0.2) is 28.3 Å². The summed E-state index contributed by atoms with van der Waals surface area (Å²) in [5.41, 5.74) is 9.26. The lowest BCUT2D eigenvalue weighted by molar-refractivity contribution is 0.201. The van der Waals surface area contributed by atoms with Crippen LogP contribution in [0.5, 0.6) is 5.75 Å². The Kier molecular flexibility index (Phi) is 7.14. The number of nitriles is 1. The molecule has 0 aliphatic heterocycles. The molecule has 0 aliphatic carbocycles. The lowest BCUT2D eigenvalue weighted by Gasteiger charge is -2.13. The fourth-order valence-corrected chi connectivity index (χ4v) is 4.89. The molecule has 0 amide bonds. The third kappa shape index (κ3) is 4.75. The molecule has 34 heavy (non-hydrogen) atoms. The van der Waals surface area contributed by atoms with Gasteiger partial charge in [-0.25, -0.2) is 14.8 Å². The molecule has 0 saturated heterocycles. The Balaban J connectivity index is 1.67. The molecule has 0 spiro atoms. The molecule has 3 aromatic heterocycles. The molecule has 1 aromatic carbocycles. The average Bonchev–Trinajstić information content (AvgIpc) is 3.51. The van der Waals surface area contributed by atoms with Crippen molar-refractivity contribution in [3.8, 4) is 34.4 Å². The van der Waals surface area contributed by atoms with Gasteiger partial charge >= 0.3 is 0 Å². The number of aliphatic hydroxyl groups excluding tert-OH is 1. The van der Waals surface area contributed by atoms with E-state index >= 15 is 0 Å². The van der Waals surface area contributed by atoms with Crippen LogP contribution in [-0.2, 0) is 5.75 Å². The summed E-state index contributed by atoms with van der Waals surface area (Å²) in [6.45, 7) is 9.53. The van der Waals surface area contributed by atoms with Gasteiger partial charge in [0.25, 0.3) is 0 Å². The number of aryl methyl sites for hydroxylation is 1. The van der Waals surface area contributed by atoms with Crippen LogP contribution < -0.4 is 10.5 Å². The molecule has 0 saturated carbocycles. The van der Waals surface area contributed by atoms with E-state index in [4.69, 9.17) is 26.6 Å². The fourth-order valence-electron chi connectivity index (χ4n) is 3.26. The minimum Gasteiger partial charge on any atom is -0.491 e. The van der Waals surface area contributed by atoms with Gasteiger partial charge in [-0.2, -0.15) is 16.6 Å². The molecule has 4 rings (SSSR count). The lowest BCUT2D eigenvalue weighted by atomic mass is 10.00. The first kappa shape index (κ1) is 23.3. The van der Waals surface area contributed by atoms with Gasteiger partial charge in [0.2, 0.25) is 11.6 Å². The van der Waals surface area contributed by atoms with Gasteiger partial charge < -0.3 is 20.0 Å². The Morgan fingerprint density at radius 3 is 2.71 bits per heavy atom. The predicted molar refractivity (Wildman–Crippen MR) is 132 cm³/mol. The number of oxazole rings is 1. The number of ether oxygens (including phenoxy) is 1. The zero-order valence-electron chi connectivity index (χ0n) is 18.1. The predicted octanol–water partition coefficient (Wildman–Crippen LogP) is 5.44. The van der Waals surface area contributed by atoms with E-state index in [2.05, 4.69) is 20.9 Å². The van der Waals surface area contributed by atoms with Crippen molar-refractivity contribution in [2.45, 2.75) is 17.7 Å². The number of benzene rings is 1. The molecule has 170 valence electrons. The van der Waals surface area contributed by atoms with Crippen molar-refractivity contribution in [1.29, 1.82) is 5.26 Å². The van der Waals surface area contributed by atoms with E-state index in [0.29, 0.717) is 39.3 Å². The Morgan fingerprint density at radius 1 is 1.26 bits per heavy atom. The summed E-state index contributed by atoms with van der Waals surface area (Å²) >= 11 is 2.88. The molecular weight excluding hydrogens is 470 g/mol. The first-order valence-corrected chi connectivity index (χ1v) is 12.0. The highest BCUT2D eigenvalue weighted by Gasteiger charge is 2.22. The first-order chi connectivity index (χ1) is 16.5. The van der Waals surface area contributed by atoms with Crippen LogP contribution in [0.25, 0.3) is 27.4 Å². The molecule has 0 fully saturated rings. The van der Waals surface area contributed by atoms with Crippen LogP contribution in [0.3, 0.4) is 0 Å². The molecule has 3 heterocycles. The zero-order chi connectivity index (χ0) is 24.1. The Labute approximate surface area is 204 Å². The van der Waals surface area contributed by atoms with Crippen LogP contribution in [0, 0.1) is 24.8 Å². The van der Waals surface area contributed by atoms with Crippen molar-refractivity contribution < 1.29 is 14.3 Å². The summed E-state index contributed by atoms with van der Waals surface area (Å²) in [4.78, 5) is 12.5. The second-order valence-corrected chi connectivity index (χ2v) is 8.79. The smallest absolute Gasteiger partial charge is 0.236 e. The molecule has 3 N–H and O–H groups in total. The number of nitrogens with zero attached hydrogens (tertiary/aromatic N) is 4. The SMILES string of the molecule is [C-]#[N+]c1c(N)nc(SCc2nc(-c3ccsc3)oc2C)c(C#N)c1-c1ccc(OCCO)cc1. The first-order valence-electron chi connectivity index (χ1n) is 10.1. The summed E-state index contributed by atoms with van der Waals surface area (Å²) < 4.78 is 11.2. The largest absolute Gasteiger partial charge is 0.491 e. The minimum absolute atomic E-state index is 0.0583. The van der Waals surface area contributed by atoms with Crippen molar-refractivity contribution in [3.63, 3.8) is 0 Å². The minimum atomic E-state index is -0.0938. The third-order valence-corrected chi connectivity index (χ3v) is 6.57. The summed E-state index contributed by atoms with van der Waals surface area (Å²) in [7, 11) is 0. The van der Waals surface area contributed by atoms with E-state index in [-0.39, 0.29) is 30.3 Å². The van der Waals surface area contributed by atoms with Gasteiger partial charge in [-0.15, -0.1) is 0 Å². The van der Waals surface area contributed by atoms with E-state index in [1.807, 2.05) is 23.8 Å². The molecular formula is C24H19N5O3S2. The fraction of sp³-hybridized carbons (Fsp3) is 0.167. The monoisotopic (exact) mass is 489 g/mol. The van der Waals surface area contributed by atoms with Crippen molar-refractivity contribution in [2.24, 2.45) is 0 Å². The molecule has 10 heteroatoms. The van der Waals surface area contributed by atoms with Gasteiger partial charge in [0.1, 0.15) is 35.0 Å². The maximum atomic E-state index is 9.99. The summed E-state index contributed by atoms with van der Waals surface area (Å²) in [6.07, 6.45) is 0. The number of aliphatic hydroxyl groups is 1. The van der Waals surface area contributed by atoms with E-state index in [1.54, 1.807) is 35.6 Å². The molecule has 0 aliphatic rings. The Hall–Kier alpha value is -3.83. The molecule has 0 unspecified atom stereocenters. The Morgan fingerprint density at radius 2 is 2.06 bits per heavy atom. The van der Waals surface area contributed by atoms with E-state index < -0.39 is 0 Å². The maximum Gasteiger partial charge on any atom is 0.236 e. The number of nitrogens with two attached hydrogens (primary N) is 1. The number of rotatable bonds is 8. The van der Waals surface area contributed by atoms with E-state index in [1.165, 1.54) is 11.8 Å². The van der Waals surface area contributed by atoms with Crippen LogP contribution in [0.2, 0.25) is 0 Å². The van der Waals surface area contributed by atoms with Crippen LogP contribution in [0.1, 0.15) is 17.0 Å². The van der Waals surface area contributed by atoms with Crippen molar-refractivity contribution in [2.75, 3.05) is 18.9 Å². The molecule has 0 radical (unpaired) electrons. The molecule has 0 bridgehead atoms. The van der Waals surface area contributed by atoms with Gasteiger partial charge in [-0.3, -0.25) is 0 Å². The zero-order valence-corrected chi connectivity index (χ0v) is 19.7. The van der Waals surface area contributed by atoms with Gasteiger partial charge in [-0.05, 0) is 36.1 Å². The molecule has 8 nitrogen and oxygen atoms in total. The summed E-state index contributed by atoms with van der Waals surface area (Å²) in [5.74, 6) is 2.29. The van der Waals surface area contributed by atoms with E-state index in [9.17, 15) is 5.26 Å². The quantitative estimate of drug-likeness (QED) is 0.248. The van der Waals surface area contributed by atoms with Crippen molar-refractivity contribution >= 4 is 34.6 Å². The third-order valence-electron chi connectivity index (χ3n) is 4.90. The van der Waals surface area contributed by atoms with E-state index in [0.717, 1.165) is 11.3 Å². The number of hydrogen-bond donors (Lipinski definition) is 2. The Bertz CT molecular complexity index is 1380. The van der Waals surface area contributed by atoms with Crippen LogP contribution in [0.4, 0.5) is 11.5 Å². The standard InChI is InChI=1S/C24H19N5O3S2/c1-14-19(28-23(32-14)16-7-10-33-12-16)13-34-24-18(11-25)20(21(27-2)22(26)29-24)15-3-5-17(6-4-15)31-9-8-30/h3-7,10,12,30H,8-9,13H2,1H3,(H2,26,29). The van der Waals surface area contributed by atoms with Crippen LogP contribution >= 0.6 is 23.1 Å². The topological polar surface area (TPSA) is 123 Å². The number of nitrogen functional groups attached to an aromatic ring is 1. The highest BCUT2D eigenvalue weighted by Crippen LogP contribution is 2.42. The average molecular weight is 490 g/mol.